The lowest BCUT2D eigenvalue weighted by Gasteiger charge is -2.54. The van der Waals surface area contributed by atoms with Crippen LogP contribution in [0.15, 0.2) is 24.5 Å². The maximum Gasteiger partial charge on any atom is 0.253 e. The van der Waals surface area contributed by atoms with Crippen molar-refractivity contribution in [1.82, 2.24) is 14.8 Å². The number of hydrogen-bond donors (Lipinski definition) is 1. The smallest absolute Gasteiger partial charge is 0.253 e. The van der Waals surface area contributed by atoms with Gasteiger partial charge in [-0.2, -0.15) is 11.8 Å². The zero-order chi connectivity index (χ0) is 17.9. The van der Waals surface area contributed by atoms with Crippen LogP contribution in [0.5, 0.6) is 0 Å². The Morgan fingerprint density at radius 1 is 1.36 bits per heavy atom. The van der Waals surface area contributed by atoms with E-state index in [1.54, 1.807) is 24.5 Å². The summed E-state index contributed by atoms with van der Waals surface area (Å²) < 4.78 is 0. The molecule has 136 valence electrons. The maximum atomic E-state index is 12.8. The van der Waals surface area contributed by atoms with Crippen molar-refractivity contribution in [1.29, 1.82) is 0 Å². The summed E-state index contributed by atoms with van der Waals surface area (Å²) in [5, 5.41) is 10.2. The summed E-state index contributed by atoms with van der Waals surface area (Å²) in [6.45, 7) is 1.86. The summed E-state index contributed by atoms with van der Waals surface area (Å²) in [5.41, 5.74) is 0.209. The molecule has 2 atom stereocenters. The highest BCUT2D eigenvalue weighted by Gasteiger charge is 2.49. The number of likely N-dealkylation sites (tertiary alicyclic amines) is 2. The van der Waals surface area contributed by atoms with Gasteiger partial charge >= 0.3 is 0 Å². The van der Waals surface area contributed by atoms with Crippen LogP contribution in [0.2, 0.25) is 0 Å². The average molecular weight is 363 g/mol. The molecule has 0 bridgehead atoms. The van der Waals surface area contributed by atoms with Crippen molar-refractivity contribution in [3.05, 3.63) is 30.1 Å². The molecule has 2 aliphatic heterocycles. The Labute approximate surface area is 152 Å². The summed E-state index contributed by atoms with van der Waals surface area (Å²) in [5.74, 6) is 0.586. The topological polar surface area (TPSA) is 73.7 Å². The van der Waals surface area contributed by atoms with Gasteiger partial charge in [0.25, 0.3) is 5.91 Å². The van der Waals surface area contributed by atoms with Crippen molar-refractivity contribution >= 4 is 23.6 Å². The predicted octanol–water partition coefficient (Wildman–Crippen LogP) is 1.26. The molecule has 2 saturated heterocycles. The van der Waals surface area contributed by atoms with Crippen molar-refractivity contribution < 1.29 is 14.7 Å². The van der Waals surface area contributed by atoms with Crippen molar-refractivity contribution in [2.24, 2.45) is 5.41 Å². The third kappa shape index (κ3) is 3.53. The highest BCUT2D eigenvalue weighted by Crippen LogP contribution is 2.41. The SMILES string of the molecule is CSCC(=O)N1CCC[C@@]2(CO)CN(C(=O)c3ccncc3)CC[C@H]12. The number of rotatable bonds is 4. The second kappa shape index (κ2) is 7.74. The molecule has 25 heavy (non-hydrogen) atoms. The minimum absolute atomic E-state index is 0.000833. The van der Waals surface area contributed by atoms with Gasteiger partial charge in [0.2, 0.25) is 5.91 Å². The molecule has 3 rings (SSSR count). The largest absolute Gasteiger partial charge is 0.396 e. The van der Waals surface area contributed by atoms with E-state index in [0.29, 0.717) is 24.4 Å². The number of hydrogen-bond acceptors (Lipinski definition) is 5. The van der Waals surface area contributed by atoms with Gasteiger partial charge in [0, 0.05) is 49.0 Å². The van der Waals surface area contributed by atoms with E-state index in [4.69, 9.17) is 0 Å². The zero-order valence-electron chi connectivity index (χ0n) is 14.6. The molecule has 0 unspecified atom stereocenters. The van der Waals surface area contributed by atoms with Crippen molar-refractivity contribution in [3.8, 4) is 0 Å². The number of fused-ring (bicyclic) bond motifs is 1. The number of carbonyl (C=O) groups excluding carboxylic acids is 2. The van der Waals surface area contributed by atoms with E-state index in [2.05, 4.69) is 4.98 Å². The average Bonchev–Trinajstić information content (AvgIpc) is 2.67. The Hall–Kier alpha value is -1.60. The molecule has 1 N–H and O–H groups in total. The number of aliphatic hydroxyl groups excluding tert-OH is 1. The van der Waals surface area contributed by atoms with E-state index in [0.717, 1.165) is 25.8 Å². The first kappa shape index (κ1) is 18.2. The van der Waals surface area contributed by atoms with Gasteiger partial charge in [-0.05, 0) is 37.7 Å². The molecule has 3 heterocycles. The number of aromatic nitrogens is 1. The fourth-order valence-corrected chi connectivity index (χ4v) is 4.64. The Morgan fingerprint density at radius 3 is 2.80 bits per heavy atom. The number of nitrogens with zero attached hydrogens (tertiary/aromatic N) is 3. The van der Waals surface area contributed by atoms with Gasteiger partial charge in [-0.1, -0.05) is 0 Å². The highest BCUT2D eigenvalue weighted by atomic mass is 32.2. The van der Waals surface area contributed by atoms with E-state index in [1.165, 1.54) is 11.8 Å². The fraction of sp³-hybridized carbons (Fsp3) is 0.611. The number of carbonyl (C=O) groups is 2. The Bertz CT molecular complexity index is 627. The van der Waals surface area contributed by atoms with Crippen molar-refractivity contribution in [2.45, 2.75) is 25.3 Å². The number of amides is 2. The quantitative estimate of drug-likeness (QED) is 0.872. The summed E-state index contributed by atoms with van der Waals surface area (Å²) in [6.07, 6.45) is 7.59. The number of aliphatic hydroxyl groups is 1. The first-order chi connectivity index (χ1) is 12.1. The standard InChI is InChI=1S/C18H25N3O3S/c1-25-11-16(23)21-9-2-6-18(13-22)12-20(10-5-15(18)21)17(24)14-3-7-19-8-4-14/h3-4,7-8,15,22H,2,5-6,9-13H2,1H3/t15-,18-/m0/s1. The second-order valence-corrected chi connectivity index (χ2v) is 7.78. The third-order valence-corrected chi connectivity index (χ3v) is 5.99. The maximum absolute atomic E-state index is 12.8. The molecule has 7 heteroatoms. The summed E-state index contributed by atoms with van der Waals surface area (Å²) in [4.78, 5) is 33.0. The van der Waals surface area contributed by atoms with Crippen LogP contribution < -0.4 is 0 Å². The molecule has 0 radical (unpaired) electrons. The minimum atomic E-state index is -0.409. The number of pyridine rings is 1. The second-order valence-electron chi connectivity index (χ2n) is 6.91. The van der Waals surface area contributed by atoms with Crippen LogP contribution in [-0.4, -0.2) is 76.0 Å². The normalized spacial score (nSPS) is 26.2. The first-order valence-corrected chi connectivity index (χ1v) is 10.1. The van der Waals surface area contributed by atoms with Crippen molar-refractivity contribution in [2.75, 3.05) is 38.2 Å². The highest BCUT2D eigenvalue weighted by molar-refractivity contribution is 7.99. The first-order valence-electron chi connectivity index (χ1n) is 8.70. The van der Waals surface area contributed by atoms with Crippen LogP contribution in [0, 0.1) is 5.41 Å². The van der Waals surface area contributed by atoms with Crippen LogP contribution >= 0.6 is 11.8 Å². The molecular weight excluding hydrogens is 338 g/mol. The number of thioether (sulfide) groups is 1. The molecular formula is C18H25N3O3S. The lowest BCUT2D eigenvalue weighted by molar-refractivity contribution is -0.142. The van der Waals surface area contributed by atoms with Gasteiger partial charge in [-0.15, -0.1) is 0 Å². The van der Waals surface area contributed by atoms with Crippen LogP contribution in [-0.2, 0) is 4.79 Å². The molecule has 0 spiro atoms. The van der Waals surface area contributed by atoms with Gasteiger partial charge in [0.05, 0.1) is 12.4 Å². The molecule has 2 aliphatic rings. The molecule has 0 aromatic carbocycles. The van der Waals surface area contributed by atoms with E-state index >= 15 is 0 Å². The lowest BCUT2D eigenvalue weighted by Crippen LogP contribution is -2.64. The predicted molar refractivity (Wildman–Crippen MR) is 97.4 cm³/mol. The van der Waals surface area contributed by atoms with Gasteiger partial charge in [0.1, 0.15) is 0 Å². The van der Waals surface area contributed by atoms with Crippen molar-refractivity contribution in [3.63, 3.8) is 0 Å². The molecule has 1 aromatic heterocycles. The van der Waals surface area contributed by atoms with Crippen LogP contribution in [0.4, 0.5) is 0 Å². The summed E-state index contributed by atoms with van der Waals surface area (Å²) >= 11 is 1.53. The van der Waals surface area contributed by atoms with Crippen LogP contribution in [0.3, 0.4) is 0 Å². The third-order valence-electron chi connectivity index (χ3n) is 5.45. The van der Waals surface area contributed by atoms with Gasteiger partial charge in [-0.25, -0.2) is 0 Å². The minimum Gasteiger partial charge on any atom is -0.396 e. The van der Waals surface area contributed by atoms with E-state index in [-0.39, 0.29) is 24.5 Å². The van der Waals surface area contributed by atoms with E-state index < -0.39 is 5.41 Å². The molecule has 6 nitrogen and oxygen atoms in total. The lowest BCUT2D eigenvalue weighted by atomic mass is 9.69. The zero-order valence-corrected chi connectivity index (χ0v) is 15.4. The van der Waals surface area contributed by atoms with Gasteiger partial charge in [-0.3, -0.25) is 14.6 Å². The van der Waals surface area contributed by atoms with Crippen LogP contribution in [0.25, 0.3) is 0 Å². The van der Waals surface area contributed by atoms with E-state index in [9.17, 15) is 14.7 Å². The summed E-state index contributed by atoms with van der Waals surface area (Å²) in [6, 6.07) is 3.46. The molecule has 2 fully saturated rings. The molecule has 1 aromatic rings. The fourth-order valence-electron chi connectivity index (χ4n) is 4.23. The van der Waals surface area contributed by atoms with Gasteiger partial charge in [0.15, 0.2) is 0 Å². The van der Waals surface area contributed by atoms with Gasteiger partial charge < -0.3 is 14.9 Å². The molecule has 0 aliphatic carbocycles. The molecule has 2 amide bonds. The Kier molecular flexibility index (Phi) is 5.64. The molecule has 0 saturated carbocycles. The van der Waals surface area contributed by atoms with Crippen LogP contribution in [0.1, 0.15) is 29.6 Å². The van der Waals surface area contributed by atoms with E-state index in [1.807, 2.05) is 16.1 Å². The summed E-state index contributed by atoms with van der Waals surface area (Å²) in [7, 11) is 0. The Morgan fingerprint density at radius 2 is 2.12 bits per heavy atom. The Balaban J connectivity index is 1.79. The number of piperidine rings is 2. The monoisotopic (exact) mass is 363 g/mol.